The van der Waals surface area contributed by atoms with Crippen molar-refractivity contribution in [2.24, 2.45) is 0 Å². The number of urea groups is 1. The highest BCUT2D eigenvalue weighted by Crippen LogP contribution is 2.20. The summed E-state index contributed by atoms with van der Waals surface area (Å²) < 4.78 is 43.3. The lowest BCUT2D eigenvalue weighted by atomic mass is 10.4. The van der Waals surface area contributed by atoms with E-state index < -0.39 is 32.6 Å². The molecule has 0 aliphatic heterocycles. The molecular weight excluding hydrogens is 460 g/mol. The number of hydrogen-bond donors (Lipinski definition) is 2. The number of esters is 1. The van der Waals surface area contributed by atoms with E-state index in [1.165, 1.54) is 26.5 Å². The minimum absolute atomic E-state index is 0.0580. The summed E-state index contributed by atoms with van der Waals surface area (Å²) >= 11 is 0. The molecule has 2 N–H and O–H groups in total. The summed E-state index contributed by atoms with van der Waals surface area (Å²) in [6.07, 6.45) is 2.33. The molecule has 3 heterocycles. The number of sulfonamides is 1. The van der Waals surface area contributed by atoms with Crippen LogP contribution in [-0.4, -0.2) is 71.5 Å². The minimum Gasteiger partial charge on any atom is -0.481 e. The van der Waals surface area contributed by atoms with E-state index in [2.05, 4.69) is 35.1 Å². The normalized spacial score (nSPS) is 10.9. The van der Waals surface area contributed by atoms with Gasteiger partial charge in [0.05, 0.1) is 33.6 Å². The second kappa shape index (κ2) is 9.43. The Bertz CT molecular complexity index is 1290. The van der Waals surface area contributed by atoms with Crippen molar-refractivity contribution in [2.45, 2.75) is 11.9 Å². The molecular formula is C17H18N8O7S. The number of amides is 2. The van der Waals surface area contributed by atoms with Crippen LogP contribution in [0.1, 0.15) is 16.1 Å². The Morgan fingerprint density at radius 1 is 1.06 bits per heavy atom. The number of carbonyl (C=O) groups excluding carboxylic acids is 2. The molecule has 33 heavy (non-hydrogen) atoms. The van der Waals surface area contributed by atoms with E-state index in [1.54, 1.807) is 17.7 Å². The zero-order valence-corrected chi connectivity index (χ0v) is 18.6. The lowest BCUT2D eigenvalue weighted by Gasteiger charge is -2.11. The van der Waals surface area contributed by atoms with Gasteiger partial charge in [-0.3, -0.25) is 5.32 Å². The van der Waals surface area contributed by atoms with E-state index in [-0.39, 0.29) is 23.7 Å². The number of ether oxygens (including phenoxy) is 3. The summed E-state index contributed by atoms with van der Waals surface area (Å²) in [7, 11) is -0.979. The molecule has 0 atom stereocenters. The van der Waals surface area contributed by atoms with Gasteiger partial charge >= 0.3 is 12.0 Å². The summed E-state index contributed by atoms with van der Waals surface area (Å²) in [6, 6.07) is 1.69. The molecule has 0 bridgehead atoms. The fourth-order valence-electron chi connectivity index (χ4n) is 2.49. The van der Waals surface area contributed by atoms with Crippen molar-refractivity contribution >= 4 is 28.0 Å². The fourth-order valence-corrected chi connectivity index (χ4v) is 3.67. The summed E-state index contributed by atoms with van der Waals surface area (Å²) in [4.78, 5) is 40.4. The van der Waals surface area contributed by atoms with E-state index in [4.69, 9.17) is 9.47 Å². The summed E-state index contributed by atoms with van der Waals surface area (Å²) in [5.74, 6) is -1.34. The van der Waals surface area contributed by atoms with Crippen LogP contribution in [0.5, 0.6) is 11.8 Å². The first kappa shape index (κ1) is 23.3. The molecule has 3 aromatic heterocycles. The first-order valence-corrected chi connectivity index (χ1v) is 10.4. The van der Waals surface area contributed by atoms with Crippen molar-refractivity contribution in [1.29, 1.82) is 0 Å². The molecule has 0 radical (unpaired) electrons. The van der Waals surface area contributed by atoms with Crippen molar-refractivity contribution in [3.05, 3.63) is 35.8 Å². The van der Waals surface area contributed by atoms with Gasteiger partial charge in [-0.05, 0) is 13.0 Å². The Morgan fingerprint density at radius 2 is 1.73 bits per heavy atom. The predicted molar refractivity (Wildman–Crippen MR) is 110 cm³/mol. The largest absolute Gasteiger partial charge is 0.481 e. The monoisotopic (exact) mass is 478 g/mol. The molecule has 15 nitrogen and oxygen atoms in total. The van der Waals surface area contributed by atoms with Gasteiger partial charge in [0.25, 0.3) is 16.0 Å². The maximum atomic E-state index is 13.1. The number of aromatic nitrogens is 6. The Balaban J connectivity index is 1.97. The van der Waals surface area contributed by atoms with Crippen LogP contribution in [0.3, 0.4) is 0 Å². The molecule has 0 fully saturated rings. The van der Waals surface area contributed by atoms with E-state index in [9.17, 15) is 18.0 Å². The third kappa shape index (κ3) is 5.12. The van der Waals surface area contributed by atoms with Gasteiger partial charge in [-0.15, -0.1) is 0 Å². The Hall–Kier alpha value is -4.34. The lowest BCUT2D eigenvalue weighted by Crippen LogP contribution is -2.36. The highest BCUT2D eigenvalue weighted by molar-refractivity contribution is 7.90. The fraction of sp³-hybridized carbons (Fsp3) is 0.235. The number of carbonyl (C=O) groups is 2. The summed E-state index contributed by atoms with van der Waals surface area (Å²) in [5, 5.41) is 5.32. The molecule has 0 aromatic carbocycles. The average molecular weight is 478 g/mol. The SMILES string of the molecule is COC(=O)c1cnn(-c2nccc(C)n2)c1S(=O)(=O)NC(=O)Nc1nc(OC)cc(OC)n1. The Labute approximate surface area is 187 Å². The number of hydrogen-bond acceptors (Lipinski definition) is 12. The van der Waals surface area contributed by atoms with Gasteiger partial charge in [0.2, 0.25) is 17.7 Å². The maximum absolute atomic E-state index is 13.1. The van der Waals surface area contributed by atoms with Gasteiger partial charge < -0.3 is 14.2 Å². The van der Waals surface area contributed by atoms with Gasteiger partial charge in [-0.2, -0.15) is 28.2 Å². The number of rotatable bonds is 7. The first-order chi connectivity index (χ1) is 15.7. The topological polar surface area (TPSA) is 189 Å². The molecule has 174 valence electrons. The number of aryl methyl sites for hydroxylation is 1. The van der Waals surface area contributed by atoms with Crippen LogP contribution in [0, 0.1) is 6.92 Å². The van der Waals surface area contributed by atoms with Crippen LogP contribution in [0.2, 0.25) is 0 Å². The molecule has 0 unspecified atom stereocenters. The zero-order valence-electron chi connectivity index (χ0n) is 17.8. The average Bonchev–Trinajstić information content (AvgIpc) is 3.24. The molecule has 0 saturated heterocycles. The van der Waals surface area contributed by atoms with Crippen molar-refractivity contribution < 1.29 is 32.2 Å². The van der Waals surface area contributed by atoms with Crippen molar-refractivity contribution in [3.8, 4) is 17.7 Å². The number of nitrogens with zero attached hydrogens (tertiary/aromatic N) is 6. The molecule has 0 aliphatic carbocycles. The van der Waals surface area contributed by atoms with E-state index in [0.717, 1.165) is 18.0 Å². The van der Waals surface area contributed by atoms with Gasteiger partial charge in [0.15, 0.2) is 5.03 Å². The third-order valence-electron chi connectivity index (χ3n) is 3.91. The highest BCUT2D eigenvalue weighted by Gasteiger charge is 2.32. The number of methoxy groups -OCH3 is 3. The third-order valence-corrected chi connectivity index (χ3v) is 5.26. The van der Waals surface area contributed by atoms with E-state index in [1.807, 2.05) is 0 Å². The highest BCUT2D eigenvalue weighted by atomic mass is 32.2. The van der Waals surface area contributed by atoms with Gasteiger partial charge in [0, 0.05) is 11.9 Å². The standard InChI is InChI=1S/C17H18N8O7S/c1-9-5-6-18-16(20-9)25-13(10(8-19-25)14(26)32-4)33(28,29)24-17(27)23-15-21-11(30-2)7-12(22-15)31-3/h5-8H,1-4H3,(H2,21,22,23,24,27). The molecule has 0 spiro atoms. The van der Waals surface area contributed by atoms with Crippen molar-refractivity contribution in [3.63, 3.8) is 0 Å². The zero-order chi connectivity index (χ0) is 24.2. The van der Waals surface area contributed by atoms with Crippen molar-refractivity contribution in [1.82, 2.24) is 34.4 Å². The van der Waals surface area contributed by atoms with Crippen LogP contribution >= 0.6 is 0 Å². The minimum atomic E-state index is -4.71. The Kier molecular flexibility index (Phi) is 6.67. The van der Waals surface area contributed by atoms with Gasteiger partial charge in [-0.1, -0.05) is 0 Å². The maximum Gasteiger partial charge on any atom is 0.342 e. The smallest absolute Gasteiger partial charge is 0.342 e. The van der Waals surface area contributed by atoms with Crippen LogP contribution in [0.15, 0.2) is 29.6 Å². The van der Waals surface area contributed by atoms with Gasteiger partial charge in [0.1, 0.15) is 5.56 Å². The Morgan fingerprint density at radius 3 is 2.30 bits per heavy atom. The first-order valence-electron chi connectivity index (χ1n) is 8.95. The second-order valence-corrected chi connectivity index (χ2v) is 7.70. The van der Waals surface area contributed by atoms with Crippen LogP contribution in [0.4, 0.5) is 10.7 Å². The predicted octanol–water partition coefficient (Wildman–Crippen LogP) is 0.0749. The van der Waals surface area contributed by atoms with E-state index >= 15 is 0 Å². The molecule has 16 heteroatoms. The van der Waals surface area contributed by atoms with Crippen LogP contribution in [0.25, 0.3) is 5.95 Å². The molecule has 3 rings (SSSR count). The van der Waals surface area contributed by atoms with Crippen molar-refractivity contribution in [2.75, 3.05) is 26.6 Å². The molecule has 3 aromatic rings. The number of anilines is 1. The quantitative estimate of drug-likeness (QED) is 0.435. The molecule has 2 amide bonds. The van der Waals surface area contributed by atoms with Crippen LogP contribution in [-0.2, 0) is 14.8 Å². The summed E-state index contributed by atoms with van der Waals surface area (Å²) in [6.45, 7) is 1.65. The summed E-state index contributed by atoms with van der Waals surface area (Å²) in [5.41, 5.74) is 0.0653. The number of nitrogens with one attached hydrogen (secondary N) is 2. The molecule has 0 aliphatic rings. The van der Waals surface area contributed by atoms with E-state index in [0.29, 0.717) is 5.69 Å². The second-order valence-electron chi connectivity index (χ2n) is 6.10. The lowest BCUT2D eigenvalue weighted by molar-refractivity contribution is 0.0596. The molecule has 0 saturated carbocycles. The van der Waals surface area contributed by atoms with Gasteiger partial charge in [-0.25, -0.2) is 24.3 Å². The van der Waals surface area contributed by atoms with Crippen LogP contribution < -0.4 is 19.5 Å².